The van der Waals surface area contributed by atoms with Gasteiger partial charge in [-0.3, -0.25) is 9.89 Å². The first-order chi connectivity index (χ1) is 12.0. The molecule has 2 aromatic rings. The number of hydrogen-bond acceptors (Lipinski definition) is 3. The van der Waals surface area contributed by atoms with E-state index in [-0.39, 0.29) is 12.5 Å². The maximum absolute atomic E-state index is 13.4. The number of nitrogens with one attached hydrogen (secondary N) is 2. The van der Waals surface area contributed by atoms with Gasteiger partial charge in [0.25, 0.3) is 5.91 Å². The number of benzene rings is 1. The van der Waals surface area contributed by atoms with E-state index in [1.807, 2.05) is 0 Å². The number of carbonyl (C=O) groups excluding carboxylic acids is 1. The lowest BCUT2D eigenvalue weighted by molar-refractivity contribution is 0.0523. The molecular formula is C19H24FN3O2. The van der Waals surface area contributed by atoms with Gasteiger partial charge in [0.2, 0.25) is 0 Å². The second-order valence-corrected chi connectivity index (χ2v) is 7.00. The third-order valence-electron chi connectivity index (χ3n) is 4.97. The monoisotopic (exact) mass is 345 g/mol. The van der Waals surface area contributed by atoms with E-state index in [4.69, 9.17) is 0 Å². The first-order valence-corrected chi connectivity index (χ1v) is 8.77. The number of amides is 1. The highest BCUT2D eigenvalue weighted by molar-refractivity contribution is 5.95. The highest BCUT2D eigenvalue weighted by Crippen LogP contribution is 2.33. The van der Waals surface area contributed by atoms with E-state index in [0.717, 1.165) is 18.5 Å². The number of nitrogens with zero attached hydrogens (tertiary/aromatic N) is 1. The molecule has 1 atom stereocenters. The van der Waals surface area contributed by atoms with E-state index in [2.05, 4.69) is 15.5 Å². The third-order valence-corrected chi connectivity index (χ3v) is 4.97. The highest BCUT2D eigenvalue weighted by Gasteiger charge is 2.27. The Bertz CT molecular complexity index is 736. The summed E-state index contributed by atoms with van der Waals surface area (Å²) in [6, 6.07) is 5.77. The molecule has 3 rings (SSSR count). The van der Waals surface area contributed by atoms with Crippen molar-refractivity contribution in [3.05, 3.63) is 53.1 Å². The van der Waals surface area contributed by atoms with Crippen molar-refractivity contribution < 1.29 is 14.3 Å². The van der Waals surface area contributed by atoms with Crippen molar-refractivity contribution in [2.24, 2.45) is 0 Å². The van der Waals surface area contributed by atoms with Gasteiger partial charge in [-0.1, -0.05) is 31.4 Å². The van der Waals surface area contributed by atoms with Crippen LogP contribution in [0.4, 0.5) is 4.39 Å². The minimum atomic E-state index is -1.35. The Morgan fingerprint density at radius 1 is 1.40 bits per heavy atom. The van der Waals surface area contributed by atoms with Gasteiger partial charge in [-0.2, -0.15) is 5.10 Å². The zero-order valence-electron chi connectivity index (χ0n) is 14.4. The maximum Gasteiger partial charge on any atom is 0.254 e. The lowest BCUT2D eigenvalue weighted by Crippen LogP contribution is -2.39. The Labute approximate surface area is 146 Å². The fourth-order valence-electron chi connectivity index (χ4n) is 3.45. The molecule has 1 aromatic carbocycles. The summed E-state index contributed by atoms with van der Waals surface area (Å²) in [7, 11) is 0. The normalized spacial score (nSPS) is 17.9. The van der Waals surface area contributed by atoms with Gasteiger partial charge in [0, 0.05) is 5.92 Å². The third kappa shape index (κ3) is 4.07. The van der Waals surface area contributed by atoms with Crippen LogP contribution in [-0.4, -0.2) is 27.8 Å². The summed E-state index contributed by atoms with van der Waals surface area (Å²) < 4.78 is 13.4. The van der Waals surface area contributed by atoms with Gasteiger partial charge >= 0.3 is 0 Å². The second-order valence-electron chi connectivity index (χ2n) is 7.00. The molecule has 0 saturated heterocycles. The SMILES string of the molecule is CC(O)(CNC(=O)c1cn[nH]c1C1CCCCC1)c1cccc(F)c1. The molecule has 5 nitrogen and oxygen atoms in total. The summed E-state index contributed by atoms with van der Waals surface area (Å²) in [5.41, 5.74) is 0.476. The number of rotatable bonds is 5. The van der Waals surface area contributed by atoms with Crippen LogP contribution in [0.25, 0.3) is 0 Å². The largest absolute Gasteiger partial charge is 0.384 e. The summed E-state index contributed by atoms with van der Waals surface area (Å²) in [6.07, 6.45) is 7.23. The van der Waals surface area contributed by atoms with E-state index < -0.39 is 11.4 Å². The molecule has 0 bridgehead atoms. The van der Waals surface area contributed by atoms with Crippen molar-refractivity contribution >= 4 is 5.91 Å². The number of aromatic amines is 1. The van der Waals surface area contributed by atoms with Crippen LogP contribution in [0.15, 0.2) is 30.5 Å². The van der Waals surface area contributed by atoms with Crippen LogP contribution in [0.1, 0.15) is 66.6 Å². The number of hydrogen-bond donors (Lipinski definition) is 3. The molecule has 25 heavy (non-hydrogen) atoms. The van der Waals surface area contributed by atoms with Crippen molar-refractivity contribution in [1.82, 2.24) is 15.5 Å². The van der Waals surface area contributed by atoms with E-state index >= 15 is 0 Å². The molecule has 1 amide bonds. The van der Waals surface area contributed by atoms with Crippen LogP contribution in [-0.2, 0) is 5.60 Å². The molecule has 1 fully saturated rings. The van der Waals surface area contributed by atoms with E-state index in [1.165, 1.54) is 43.7 Å². The molecule has 134 valence electrons. The second kappa shape index (κ2) is 7.35. The van der Waals surface area contributed by atoms with Crippen LogP contribution in [0.2, 0.25) is 0 Å². The first-order valence-electron chi connectivity index (χ1n) is 8.77. The van der Waals surface area contributed by atoms with Crippen LogP contribution < -0.4 is 5.32 Å². The van der Waals surface area contributed by atoms with Gasteiger partial charge in [-0.25, -0.2) is 4.39 Å². The minimum Gasteiger partial charge on any atom is -0.384 e. The summed E-state index contributed by atoms with van der Waals surface area (Å²) in [6.45, 7) is 1.55. The molecule has 1 heterocycles. The number of halogens is 1. The molecule has 1 unspecified atom stereocenters. The quantitative estimate of drug-likeness (QED) is 0.778. The van der Waals surface area contributed by atoms with E-state index in [1.54, 1.807) is 13.0 Å². The van der Waals surface area contributed by atoms with Crippen LogP contribution in [0.5, 0.6) is 0 Å². The molecule has 1 aromatic heterocycles. The smallest absolute Gasteiger partial charge is 0.254 e. The predicted octanol–water partition coefficient (Wildman–Crippen LogP) is 3.23. The number of carbonyl (C=O) groups is 1. The van der Waals surface area contributed by atoms with Crippen LogP contribution in [0, 0.1) is 5.82 Å². The lowest BCUT2D eigenvalue weighted by Gasteiger charge is -2.25. The molecule has 1 saturated carbocycles. The Balaban J connectivity index is 1.68. The van der Waals surface area contributed by atoms with Crippen molar-refractivity contribution in [2.45, 2.75) is 50.5 Å². The lowest BCUT2D eigenvalue weighted by atomic mass is 9.85. The van der Waals surface area contributed by atoms with Crippen molar-refractivity contribution in [3.63, 3.8) is 0 Å². The Morgan fingerprint density at radius 3 is 2.88 bits per heavy atom. The highest BCUT2D eigenvalue weighted by atomic mass is 19.1. The van der Waals surface area contributed by atoms with Gasteiger partial charge in [0.05, 0.1) is 24.0 Å². The van der Waals surface area contributed by atoms with E-state index in [0.29, 0.717) is 17.0 Å². The topological polar surface area (TPSA) is 78.0 Å². The van der Waals surface area contributed by atoms with E-state index in [9.17, 15) is 14.3 Å². The van der Waals surface area contributed by atoms with Crippen molar-refractivity contribution in [3.8, 4) is 0 Å². The van der Waals surface area contributed by atoms with Crippen molar-refractivity contribution in [2.75, 3.05) is 6.54 Å². The predicted molar refractivity (Wildman–Crippen MR) is 92.7 cm³/mol. The molecular weight excluding hydrogens is 321 g/mol. The Morgan fingerprint density at radius 2 is 2.16 bits per heavy atom. The van der Waals surface area contributed by atoms with Crippen LogP contribution >= 0.6 is 0 Å². The average molecular weight is 345 g/mol. The average Bonchev–Trinajstić information content (AvgIpc) is 3.10. The summed E-state index contributed by atoms with van der Waals surface area (Å²) in [5, 5.41) is 20.3. The molecule has 3 N–H and O–H groups in total. The molecule has 1 aliphatic carbocycles. The van der Waals surface area contributed by atoms with Crippen LogP contribution in [0.3, 0.4) is 0 Å². The molecule has 0 aliphatic heterocycles. The molecule has 1 aliphatic rings. The van der Waals surface area contributed by atoms with Gasteiger partial charge in [0.1, 0.15) is 11.4 Å². The summed E-state index contributed by atoms with van der Waals surface area (Å²) in [4.78, 5) is 12.6. The maximum atomic E-state index is 13.4. The zero-order valence-corrected chi connectivity index (χ0v) is 14.4. The standard InChI is InChI=1S/C19H24FN3O2/c1-19(25,14-8-5-9-15(20)10-14)12-21-18(24)16-11-22-23-17(16)13-6-3-2-4-7-13/h5,8-11,13,25H,2-4,6-7,12H2,1H3,(H,21,24)(H,22,23). The van der Waals surface area contributed by atoms with Gasteiger partial charge < -0.3 is 10.4 Å². The van der Waals surface area contributed by atoms with Gasteiger partial charge in [0.15, 0.2) is 0 Å². The van der Waals surface area contributed by atoms with Gasteiger partial charge in [-0.15, -0.1) is 0 Å². The molecule has 6 heteroatoms. The molecule has 0 spiro atoms. The van der Waals surface area contributed by atoms with Crippen molar-refractivity contribution in [1.29, 1.82) is 0 Å². The Kier molecular flexibility index (Phi) is 5.18. The summed E-state index contributed by atoms with van der Waals surface area (Å²) in [5.74, 6) is -0.356. The number of aromatic nitrogens is 2. The minimum absolute atomic E-state index is 0.00935. The Hall–Kier alpha value is -2.21. The fourth-order valence-corrected chi connectivity index (χ4v) is 3.45. The van der Waals surface area contributed by atoms with Gasteiger partial charge in [-0.05, 0) is 37.5 Å². The first kappa shape index (κ1) is 17.6. The number of aliphatic hydroxyl groups is 1. The zero-order chi connectivity index (χ0) is 17.9. The summed E-state index contributed by atoms with van der Waals surface area (Å²) >= 11 is 0. The fraction of sp³-hybridized carbons (Fsp3) is 0.474. The molecule has 0 radical (unpaired) electrons. The number of H-pyrrole nitrogens is 1.